The Morgan fingerprint density at radius 3 is 2.46 bits per heavy atom. The maximum atomic E-state index is 12.7. The minimum Gasteiger partial charge on any atom is -0.357 e. The highest BCUT2D eigenvalue weighted by Crippen LogP contribution is 2.15. The molecule has 6 nitrogen and oxygen atoms in total. The summed E-state index contributed by atoms with van der Waals surface area (Å²) in [7, 11) is 0. The van der Waals surface area contributed by atoms with Gasteiger partial charge in [-0.15, -0.1) is 11.3 Å². The molecule has 0 atom stereocenters. The van der Waals surface area contributed by atoms with Crippen LogP contribution in [0.4, 0.5) is 5.82 Å². The molecule has 3 heterocycles. The fourth-order valence-corrected chi connectivity index (χ4v) is 3.85. The van der Waals surface area contributed by atoms with Crippen LogP contribution in [-0.4, -0.2) is 64.9 Å². The number of aromatic nitrogens is 2. The zero-order chi connectivity index (χ0) is 18.5. The van der Waals surface area contributed by atoms with Crippen molar-refractivity contribution in [2.45, 2.75) is 27.3 Å². The Morgan fingerprint density at radius 1 is 1.19 bits per heavy atom. The van der Waals surface area contributed by atoms with Crippen LogP contribution in [0.3, 0.4) is 0 Å². The van der Waals surface area contributed by atoms with Gasteiger partial charge in [0.15, 0.2) is 0 Å². The maximum absolute atomic E-state index is 12.7. The van der Waals surface area contributed by atoms with Crippen molar-refractivity contribution in [1.82, 2.24) is 19.8 Å². The Bertz CT molecular complexity index is 718. The number of rotatable bonds is 6. The van der Waals surface area contributed by atoms with Crippen molar-refractivity contribution in [3.05, 3.63) is 40.0 Å². The van der Waals surface area contributed by atoms with E-state index in [1.54, 1.807) is 17.5 Å². The van der Waals surface area contributed by atoms with E-state index >= 15 is 0 Å². The minimum absolute atomic E-state index is 0.0766. The summed E-state index contributed by atoms with van der Waals surface area (Å²) in [6.45, 7) is 12.2. The molecular weight excluding hydrogens is 346 g/mol. The SMILES string of the molecule is CCN(CC)c1ccc(C(=O)N2CCN(Cc3csc(C)n3)CC2)cn1. The Kier molecular flexibility index (Phi) is 6.21. The van der Waals surface area contributed by atoms with Crippen LogP contribution >= 0.6 is 11.3 Å². The quantitative estimate of drug-likeness (QED) is 0.779. The van der Waals surface area contributed by atoms with Crippen molar-refractivity contribution >= 4 is 23.1 Å². The van der Waals surface area contributed by atoms with Crippen molar-refractivity contribution in [2.75, 3.05) is 44.2 Å². The van der Waals surface area contributed by atoms with E-state index in [1.165, 1.54) is 0 Å². The number of piperazine rings is 1. The Balaban J connectivity index is 1.54. The summed E-state index contributed by atoms with van der Waals surface area (Å²) < 4.78 is 0. The number of carbonyl (C=O) groups excluding carboxylic acids is 1. The van der Waals surface area contributed by atoms with Gasteiger partial charge in [0.25, 0.3) is 5.91 Å². The van der Waals surface area contributed by atoms with Crippen LogP contribution in [0.1, 0.15) is 34.9 Å². The second-order valence-corrected chi connectivity index (χ2v) is 7.57. The largest absolute Gasteiger partial charge is 0.357 e. The molecule has 0 spiro atoms. The van der Waals surface area contributed by atoms with Crippen LogP contribution in [0.15, 0.2) is 23.7 Å². The maximum Gasteiger partial charge on any atom is 0.255 e. The van der Waals surface area contributed by atoms with E-state index in [1.807, 2.05) is 24.0 Å². The van der Waals surface area contributed by atoms with Gasteiger partial charge in [-0.25, -0.2) is 9.97 Å². The van der Waals surface area contributed by atoms with Crippen LogP contribution in [0, 0.1) is 6.92 Å². The molecule has 3 rings (SSSR count). The molecule has 7 heteroatoms. The molecule has 0 bridgehead atoms. The van der Waals surface area contributed by atoms with Crippen LogP contribution in [0.25, 0.3) is 0 Å². The fourth-order valence-electron chi connectivity index (χ4n) is 3.25. The normalized spacial score (nSPS) is 15.3. The van der Waals surface area contributed by atoms with Crippen molar-refractivity contribution in [3.8, 4) is 0 Å². The first-order chi connectivity index (χ1) is 12.6. The number of aryl methyl sites for hydroxylation is 1. The second-order valence-electron chi connectivity index (χ2n) is 6.50. The Morgan fingerprint density at radius 2 is 1.92 bits per heavy atom. The fraction of sp³-hybridized carbons (Fsp3) is 0.526. The highest BCUT2D eigenvalue weighted by Gasteiger charge is 2.23. The number of hydrogen-bond acceptors (Lipinski definition) is 6. The first-order valence-corrected chi connectivity index (χ1v) is 10.1. The molecule has 2 aromatic heterocycles. The summed E-state index contributed by atoms with van der Waals surface area (Å²) in [5, 5.41) is 3.23. The lowest BCUT2D eigenvalue weighted by atomic mass is 10.2. The third-order valence-electron chi connectivity index (χ3n) is 4.79. The van der Waals surface area contributed by atoms with Crippen LogP contribution in [-0.2, 0) is 6.54 Å². The number of amides is 1. The van der Waals surface area contributed by atoms with Gasteiger partial charge in [-0.2, -0.15) is 0 Å². The molecule has 0 unspecified atom stereocenters. The summed E-state index contributed by atoms with van der Waals surface area (Å²) in [6.07, 6.45) is 1.71. The predicted octanol–water partition coefficient (Wildman–Crippen LogP) is 2.65. The monoisotopic (exact) mass is 373 g/mol. The van der Waals surface area contributed by atoms with Crippen molar-refractivity contribution in [1.29, 1.82) is 0 Å². The molecule has 0 aromatic carbocycles. The molecule has 0 radical (unpaired) electrons. The standard InChI is InChI=1S/C19H27N5OS/c1-4-23(5-2)18-7-6-16(12-20-18)19(25)24-10-8-22(9-11-24)13-17-14-26-15(3)21-17/h6-7,12,14H,4-5,8-11,13H2,1-3H3. The van der Waals surface area contributed by atoms with E-state index in [0.29, 0.717) is 5.56 Å². The average Bonchev–Trinajstić information content (AvgIpc) is 3.08. The van der Waals surface area contributed by atoms with Gasteiger partial charge in [-0.05, 0) is 32.9 Å². The van der Waals surface area contributed by atoms with Crippen LogP contribution in [0.5, 0.6) is 0 Å². The number of nitrogens with zero attached hydrogens (tertiary/aromatic N) is 5. The first-order valence-electron chi connectivity index (χ1n) is 9.24. The molecule has 0 saturated carbocycles. The van der Waals surface area contributed by atoms with Crippen LogP contribution in [0.2, 0.25) is 0 Å². The zero-order valence-electron chi connectivity index (χ0n) is 15.8. The first kappa shape index (κ1) is 18.8. The molecule has 1 aliphatic heterocycles. The molecule has 1 saturated heterocycles. The lowest BCUT2D eigenvalue weighted by molar-refractivity contribution is 0.0627. The van der Waals surface area contributed by atoms with E-state index in [4.69, 9.17) is 0 Å². The van der Waals surface area contributed by atoms with Gasteiger partial charge >= 0.3 is 0 Å². The van der Waals surface area contributed by atoms with E-state index in [9.17, 15) is 4.79 Å². The summed E-state index contributed by atoms with van der Waals surface area (Å²) in [5.74, 6) is 1.00. The molecule has 1 aliphatic rings. The molecule has 0 N–H and O–H groups in total. The summed E-state index contributed by atoms with van der Waals surface area (Å²) >= 11 is 1.69. The highest BCUT2D eigenvalue weighted by molar-refractivity contribution is 7.09. The third kappa shape index (κ3) is 4.40. The number of pyridine rings is 1. The highest BCUT2D eigenvalue weighted by atomic mass is 32.1. The zero-order valence-corrected chi connectivity index (χ0v) is 16.6. The van der Waals surface area contributed by atoms with Crippen LogP contribution < -0.4 is 4.90 Å². The van der Waals surface area contributed by atoms with Gasteiger partial charge in [-0.1, -0.05) is 0 Å². The van der Waals surface area contributed by atoms with E-state index in [0.717, 1.165) is 62.3 Å². The van der Waals surface area contributed by atoms with Crippen molar-refractivity contribution < 1.29 is 4.79 Å². The van der Waals surface area contributed by atoms with Gasteiger partial charge in [0.05, 0.1) is 16.3 Å². The summed E-state index contributed by atoms with van der Waals surface area (Å²) in [4.78, 5) is 28.2. The van der Waals surface area contributed by atoms with Gasteiger partial charge in [-0.3, -0.25) is 9.69 Å². The second kappa shape index (κ2) is 8.60. The summed E-state index contributed by atoms with van der Waals surface area (Å²) in [6, 6.07) is 3.84. The minimum atomic E-state index is 0.0766. The third-order valence-corrected chi connectivity index (χ3v) is 5.62. The number of anilines is 1. The molecule has 26 heavy (non-hydrogen) atoms. The molecule has 140 valence electrons. The van der Waals surface area contributed by atoms with Gasteiger partial charge in [0.2, 0.25) is 0 Å². The molecular formula is C19H27N5OS. The number of carbonyl (C=O) groups is 1. The molecule has 2 aromatic rings. The number of thiazole rings is 1. The Hall–Kier alpha value is -1.99. The van der Waals surface area contributed by atoms with E-state index in [-0.39, 0.29) is 5.91 Å². The van der Waals surface area contributed by atoms with Crippen molar-refractivity contribution in [2.24, 2.45) is 0 Å². The molecule has 1 amide bonds. The average molecular weight is 374 g/mol. The Labute approximate surface area is 159 Å². The van der Waals surface area contributed by atoms with E-state index < -0.39 is 0 Å². The molecule has 0 aliphatic carbocycles. The predicted molar refractivity (Wildman–Crippen MR) is 106 cm³/mol. The lowest BCUT2D eigenvalue weighted by Crippen LogP contribution is -2.48. The van der Waals surface area contributed by atoms with Gasteiger partial charge in [0, 0.05) is 57.4 Å². The summed E-state index contributed by atoms with van der Waals surface area (Å²) in [5.41, 5.74) is 1.80. The van der Waals surface area contributed by atoms with E-state index in [2.05, 4.69) is 39.0 Å². The molecule has 1 fully saturated rings. The van der Waals surface area contributed by atoms with Gasteiger partial charge in [0.1, 0.15) is 5.82 Å². The van der Waals surface area contributed by atoms with Gasteiger partial charge < -0.3 is 9.80 Å². The smallest absolute Gasteiger partial charge is 0.255 e. The van der Waals surface area contributed by atoms with Crippen molar-refractivity contribution in [3.63, 3.8) is 0 Å². The number of hydrogen-bond donors (Lipinski definition) is 0. The topological polar surface area (TPSA) is 52.6 Å². The lowest BCUT2D eigenvalue weighted by Gasteiger charge is -2.34.